The van der Waals surface area contributed by atoms with E-state index in [2.05, 4.69) is 13.5 Å². The predicted octanol–water partition coefficient (Wildman–Crippen LogP) is 3.62. The van der Waals surface area contributed by atoms with Gasteiger partial charge in [-0.1, -0.05) is 50.3 Å². The zero-order valence-corrected chi connectivity index (χ0v) is 8.62. The Bertz CT molecular complexity index is 311. The van der Waals surface area contributed by atoms with Gasteiger partial charge in [-0.2, -0.15) is 0 Å². The van der Waals surface area contributed by atoms with E-state index >= 15 is 0 Å². The minimum absolute atomic E-state index is 0.0825. The van der Waals surface area contributed by atoms with Crippen LogP contribution in [0.2, 0.25) is 0 Å². The van der Waals surface area contributed by atoms with Crippen molar-refractivity contribution in [3.8, 4) is 0 Å². The van der Waals surface area contributed by atoms with Gasteiger partial charge in [0.05, 0.1) is 0 Å². The molecule has 0 bridgehead atoms. The molecule has 1 heteroatoms. The molecule has 14 heavy (non-hydrogen) atoms. The molecule has 0 aliphatic rings. The first-order valence-corrected chi connectivity index (χ1v) is 5.03. The molecule has 0 aliphatic carbocycles. The van der Waals surface area contributed by atoms with E-state index in [4.69, 9.17) is 0 Å². The first-order chi connectivity index (χ1) is 6.75. The van der Waals surface area contributed by atoms with Gasteiger partial charge in [-0.25, -0.2) is 0 Å². The second kappa shape index (κ2) is 5.38. The highest BCUT2D eigenvalue weighted by molar-refractivity contribution is 6.08. The smallest absolute Gasteiger partial charge is 0.188 e. The fraction of sp³-hybridized carbons (Fsp3) is 0.308. The van der Waals surface area contributed by atoms with Crippen molar-refractivity contribution in [2.45, 2.75) is 26.2 Å². The molecule has 0 heterocycles. The van der Waals surface area contributed by atoms with Gasteiger partial charge in [0, 0.05) is 5.56 Å². The summed E-state index contributed by atoms with van der Waals surface area (Å²) < 4.78 is 0. The van der Waals surface area contributed by atoms with Crippen molar-refractivity contribution in [2.75, 3.05) is 0 Å². The topological polar surface area (TPSA) is 17.1 Å². The number of rotatable bonds is 5. The van der Waals surface area contributed by atoms with E-state index in [1.807, 2.05) is 30.3 Å². The van der Waals surface area contributed by atoms with Crippen molar-refractivity contribution in [1.82, 2.24) is 0 Å². The SMILES string of the molecule is C=C(CCCC)C(=O)c1ccccc1. The molecule has 0 fully saturated rings. The van der Waals surface area contributed by atoms with Gasteiger partial charge in [-0.3, -0.25) is 4.79 Å². The van der Waals surface area contributed by atoms with E-state index in [1.54, 1.807) is 0 Å². The monoisotopic (exact) mass is 188 g/mol. The summed E-state index contributed by atoms with van der Waals surface area (Å²) in [5.41, 5.74) is 1.46. The Kier molecular flexibility index (Phi) is 4.11. The van der Waals surface area contributed by atoms with Crippen molar-refractivity contribution in [3.05, 3.63) is 48.0 Å². The van der Waals surface area contributed by atoms with E-state index < -0.39 is 0 Å². The third kappa shape index (κ3) is 2.84. The first-order valence-electron chi connectivity index (χ1n) is 5.03. The molecule has 0 amide bonds. The molecule has 0 atom stereocenters. The van der Waals surface area contributed by atoms with Crippen LogP contribution < -0.4 is 0 Å². The number of Topliss-reactive ketones (excluding diaryl/α,β-unsaturated/α-hetero) is 1. The van der Waals surface area contributed by atoms with Crippen LogP contribution in [0.4, 0.5) is 0 Å². The maximum atomic E-state index is 11.8. The third-order valence-corrected chi connectivity index (χ3v) is 2.19. The largest absolute Gasteiger partial charge is 0.289 e. The van der Waals surface area contributed by atoms with E-state index in [-0.39, 0.29) is 5.78 Å². The molecule has 0 N–H and O–H groups in total. The lowest BCUT2D eigenvalue weighted by molar-refractivity contribution is 0.103. The average molecular weight is 188 g/mol. The fourth-order valence-corrected chi connectivity index (χ4v) is 1.30. The van der Waals surface area contributed by atoms with Crippen molar-refractivity contribution in [1.29, 1.82) is 0 Å². The van der Waals surface area contributed by atoms with Crippen LogP contribution >= 0.6 is 0 Å². The zero-order valence-electron chi connectivity index (χ0n) is 8.62. The number of hydrogen-bond acceptors (Lipinski definition) is 1. The number of hydrogen-bond donors (Lipinski definition) is 0. The minimum Gasteiger partial charge on any atom is -0.289 e. The van der Waals surface area contributed by atoms with Crippen molar-refractivity contribution in [3.63, 3.8) is 0 Å². The summed E-state index contributed by atoms with van der Waals surface area (Å²) in [5.74, 6) is 0.0825. The standard InChI is InChI=1S/C13H16O/c1-3-4-8-11(2)13(14)12-9-6-5-7-10-12/h5-7,9-10H,2-4,8H2,1H3. The molecule has 74 valence electrons. The summed E-state index contributed by atoms with van der Waals surface area (Å²) in [4.78, 5) is 11.8. The normalized spacial score (nSPS) is 9.79. The lowest BCUT2D eigenvalue weighted by atomic mass is 10.0. The second-order valence-electron chi connectivity index (χ2n) is 3.40. The highest BCUT2D eigenvalue weighted by Gasteiger charge is 2.08. The molecule has 1 aromatic rings. The van der Waals surface area contributed by atoms with Crippen LogP contribution in [0.15, 0.2) is 42.5 Å². The molecule has 1 aromatic carbocycles. The molecule has 0 spiro atoms. The molecular formula is C13H16O. The number of ketones is 1. The molecule has 1 nitrogen and oxygen atoms in total. The van der Waals surface area contributed by atoms with Crippen LogP contribution in [-0.4, -0.2) is 5.78 Å². The molecular weight excluding hydrogens is 172 g/mol. The molecule has 0 saturated carbocycles. The highest BCUT2D eigenvalue weighted by Crippen LogP contribution is 2.12. The summed E-state index contributed by atoms with van der Waals surface area (Å²) in [5, 5.41) is 0. The van der Waals surface area contributed by atoms with Gasteiger partial charge in [0.15, 0.2) is 5.78 Å². The summed E-state index contributed by atoms with van der Waals surface area (Å²) >= 11 is 0. The van der Waals surface area contributed by atoms with Crippen LogP contribution in [0.3, 0.4) is 0 Å². The van der Waals surface area contributed by atoms with Crippen LogP contribution in [0.5, 0.6) is 0 Å². The van der Waals surface area contributed by atoms with Crippen LogP contribution in [-0.2, 0) is 0 Å². The van der Waals surface area contributed by atoms with E-state index in [0.29, 0.717) is 0 Å². The molecule has 0 aliphatic heterocycles. The number of benzene rings is 1. The Labute approximate surface area is 85.5 Å². The number of allylic oxidation sites excluding steroid dienone is 1. The number of carbonyl (C=O) groups is 1. The Balaban J connectivity index is 2.62. The Morgan fingerprint density at radius 1 is 1.29 bits per heavy atom. The van der Waals surface area contributed by atoms with Crippen molar-refractivity contribution in [2.24, 2.45) is 0 Å². The molecule has 0 aromatic heterocycles. The fourth-order valence-electron chi connectivity index (χ4n) is 1.30. The Hall–Kier alpha value is -1.37. The van der Waals surface area contributed by atoms with Crippen LogP contribution in [0.1, 0.15) is 36.5 Å². The maximum absolute atomic E-state index is 11.8. The Morgan fingerprint density at radius 2 is 1.93 bits per heavy atom. The minimum atomic E-state index is 0.0825. The van der Waals surface area contributed by atoms with Gasteiger partial charge in [-0.05, 0) is 18.4 Å². The quantitative estimate of drug-likeness (QED) is 0.509. The van der Waals surface area contributed by atoms with E-state index in [9.17, 15) is 4.79 Å². The average Bonchev–Trinajstić information content (AvgIpc) is 2.26. The predicted molar refractivity (Wildman–Crippen MR) is 59.4 cm³/mol. The zero-order chi connectivity index (χ0) is 10.4. The number of unbranched alkanes of at least 4 members (excludes halogenated alkanes) is 1. The summed E-state index contributed by atoms with van der Waals surface area (Å²) in [6.07, 6.45) is 2.95. The molecule has 0 saturated heterocycles. The van der Waals surface area contributed by atoms with Gasteiger partial charge < -0.3 is 0 Å². The van der Waals surface area contributed by atoms with Crippen molar-refractivity contribution >= 4 is 5.78 Å². The summed E-state index contributed by atoms with van der Waals surface area (Å²) in [7, 11) is 0. The van der Waals surface area contributed by atoms with Crippen molar-refractivity contribution < 1.29 is 4.79 Å². The third-order valence-electron chi connectivity index (χ3n) is 2.19. The van der Waals surface area contributed by atoms with E-state index in [0.717, 1.165) is 30.4 Å². The van der Waals surface area contributed by atoms with Gasteiger partial charge >= 0.3 is 0 Å². The lowest BCUT2D eigenvalue weighted by Crippen LogP contribution is -2.01. The van der Waals surface area contributed by atoms with Gasteiger partial charge in [0.25, 0.3) is 0 Å². The number of carbonyl (C=O) groups excluding carboxylic acids is 1. The van der Waals surface area contributed by atoms with Gasteiger partial charge in [0.1, 0.15) is 0 Å². The maximum Gasteiger partial charge on any atom is 0.188 e. The molecule has 1 rings (SSSR count). The van der Waals surface area contributed by atoms with Crippen LogP contribution in [0, 0.1) is 0 Å². The molecule has 0 radical (unpaired) electrons. The highest BCUT2D eigenvalue weighted by atomic mass is 16.1. The van der Waals surface area contributed by atoms with Gasteiger partial charge in [0.2, 0.25) is 0 Å². The van der Waals surface area contributed by atoms with Gasteiger partial charge in [-0.15, -0.1) is 0 Å². The molecule has 0 unspecified atom stereocenters. The second-order valence-corrected chi connectivity index (χ2v) is 3.40. The van der Waals surface area contributed by atoms with Crippen LogP contribution in [0.25, 0.3) is 0 Å². The summed E-state index contributed by atoms with van der Waals surface area (Å²) in [6.45, 7) is 5.93. The van der Waals surface area contributed by atoms with E-state index in [1.165, 1.54) is 0 Å². The first kappa shape index (κ1) is 10.7. The lowest BCUT2D eigenvalue weighted by Gasteiger charge is -2.03. The Morgan fingerprint density at radius 3 is 2.50 bits per heavy atom. The summed E-state index contributed by atoms with van der Waals surface area (Å²) in [6, 6.07) is 9.32.